The molecule has 0 spiro atoms. The lowest BCUT2D eigenvalue weighted by atomic mass is 9.94. The average Bonchev–Trinajstić information content (AvgIpc) is 2.01. The van der Waals surface area contributed by atoms with Crippen LogP contribution in [-0.2, 0) is 0 Å². The monoisotopic (exact) mass is 192 g/mol. The molecule has 1 aromatic carbocycles. The zero-order valence-electron chi connectivity index (χ0n) is 9.09. The highest BCUT2D eigenvalue weighted by molar-refractivity contribution is 5.91. The summed E-state index contributed by atoms with van der Waals surface area (Å²) in [4.78, 5) is 10.9. The minimum absolute atomic E-state index is 0.439. The Balaban J connectivity index is 3.32. The summed E-state index contributed by atoms with van der Waals surface area (Å²) in [5.41, 5.74) is 3.34. The van der Waals surface area contributed by atoms with E-state index in [0.29, 0.717) is 11.5 Å². The van der Waals surface area contributed by atoms with E-state index < -0.39 is 5.97 Å². The standard InChI is InChI=1S/C12H16O2/c1-7(2)10-5-8(3)11(12(13)14)9(4)6-10/h5-7H,1-4H3,(H,13,14). The number of carbonyl (C=O) groups is 1. The zero-order valence-corrected chi connectivity index (χ0v) is 9.09. The van der Waals surface area contributed by atoms with Gasteiger partial charge in [-0.2, -0.15) is 0 Å². The van der Waals surface area contributed by atoms with Crippen LogP contribution in [0.2, 0.25) is 0 Å². The van der Waals surface area contributed by atoms with Crippen molar-refractivity contribution in [2.24, 2.45) is 0 Å². The minimum Gasteiger partial charge on any atom is -0.478 e. The van der Waals surface area contributed by atoms with Crippen LogP contribution in [0.25, 0.3) is 0 Å². The number of hydrogen-bond donors (Lipinski definition) is 1. The van der Waals surface area contributed by atoms with E-state index in [-0.39, 0.29) is 0 Å². The first kappa shape index (κ1) is 10.8. The van der Waals surface area contributed by atoms with Gasteiger partial charge in [0.1, 0.15) is 0 Å². The maximum Gasteiger partial charge on any atom is 0.336 e. The van der Waals surface area contributed by atoms with Crippen LogP contribution in [0.4, 0.5) is 0 Å². The summed E-state index contributed by atoms with van der Waals surface area (Å²) in [5, 5.41) is 8.98. The van der Waals surface area contributed by atoms with Gasteiger partial charge in [0, 0.05) is 0 Å². The van der Waals surface area contributed by atoms with Gasteiger partial charge in [-0.15, -0.1) is 0 Å². The van der Waals surface area contributed by atoms with Gasteiger partial charge in [-0.25, -0.2) is 4.79 Å². The highest BCUT2D eigenvalue weighted by Gasteiger charge is 2.12. The highest BCUT2D eigenvalue weighted by atomic mass is 16.4. The van der Waals surface area contributed by atoms with Crippen molar-refractivity contribution >= 4 is 5.97 Å². The number of rotatable bonds is 2. The molecule has 1 N–H and O–H groups in total. The van der Waals surface area contributed by atoms with E-state index in [4.69, 9.17) is 5.11 Å². The zero-order chi connectivity index (χ0) is 10.9. The quantitative estimate of drug-likeness (QED) is 0.781. The van der Waals surface area contributed by atoms with Gasteiger partial charge in [-0.3, -0.25) is 0 Å². The van der Waals surface area contributed by atoms with Crippen LogP contribution < -0.4 is 0 Å². The molecule has 0 atom stereocenters. The van der Waals surface area contributed by atoms with Crippen LogP contribution in [0.1, 0.15) is 46.8 Å². The van der Waals surface area contributed by atoms with Crippen molar-refractivity contribution in [3.8, 4) is 0 Å². The molecule has 0 bridgehead atoms. The summed E-state index contributed by atoms with van der Waals surface area (Å²) < 4.78 is 0. The summed E-state index contributed by atoms with van der Waals surface area (Å²) in [6.45, 7) is 7.91. The van der Waals surface area contributed by atoms with E-state index in [0.717, 1.165) is 11.1 Å². The van der Waals surface area contributed by atoms with Crippen LogP contribution >= 0.6 is 0 Å². The van der Waals surface area contributed by atoms with Crippen molar-refractivity contribution < 1.29 is 9.90 Å². The summed E-state index contributed by atoms with van der Waals surface area (Å²) in [7, 11) is 0. The maximum atomic E-state index is 10.9. The Kier molecular flexibility index (Phi) is 2.94. The second-order valence-corrected chi connectivity index (χ2v) is 3.99. The molecule has 0 saturated heterocycles. The summed E-state index contributed by atoms with van der Waals surface area (Å²) in [6.07, 6.45) is 0. The largest absolute Gasteiger partial charge is 0.478 e. The molecule has 0 aliphatic carbocycles. The van der Waals surface area contributed by atoms with Gasteiger partial charge >= 0.3 is 5.97 Å². The van der Waals surface area contributed by atoms with Crippen molar-refractivity contribution in [1.82, 2.24) is 0 Å². The van der Waals surface area contributed by atoms with Gasteiger partial charge in [0.05, 0.1) is 5.56 Å². The summed E-state index contributed by atoms with van der Waals surface area (Å²) in [6, 6.07) is 3.92. The van der Waals surface area contributed by atoms with E-state index >= 15 is 0 Å². The third-order valence-electron chi connectivity index (χ3n) is 2.44. The summed E-state index contributed by atoms with van der Waals surface area (Å²) >= 11 is 0. The highest BCUT2D eigenvalue weighted by Crippen LogP contribution is 2.22. The summed E-state index contributed by atoms with van der Waals surface area (Å²) in [5.74, 6) is -0.398. The maximum absolute atomic E-state index is 10.9. The van der Waals surface area contributed by atoms with Crippen molar-refractivity contribution in [2.75, 3.05) is 0 Å². The molecule has 2 nitrogen and oxygen atoms in total. The minimum atomic E-state index is -0.838. The SMILES string of the molecule is Cc1cc(C(C)C)cc(C)c1C(=O)O. The Morgan fingerprint density at radius 1 is 1.21 bits per heavy atom. The molecular weight excluding hydrogens is 176 g/mol. The Hall–Kier alpha value is -1.31. The average molecular weight is 192 g/mol. The fourth-order valence-electron chi connectivity index (χ4n) is 1.67. The Morgan fingerprint density at radius 2 is 1.64 bits per heavy atom. The van der Waals surface area contributed by atoms with E-state index in [1.165, 1.54) is 5.56 Å². The van der Waals surface area contributed by atoms with Crippen LogP contribution in [0.3, 0.4) is 0 Å². The van der Waals surface area contributed by atoms with Gasteiger partial charge in [0.25, 0.3) is 0 Å². The molecule has 2 heteroatoms. The van der Waals surface area contributed by atoms with Gasteiger partial charge < -0.3 is 5.11 Å². The van der Waals surface area contributed by atoms with E-state index in [2.05, 4.69) is 13.8 Å². The van der Waals surface area contributed by atoms with Crippen molar-refractivity contribution in [1.29, 1.82) is 0 Å². The molecule has 0 heterocycles. The Bertz CT molecular complexity index is 342. The molecule has 1 rings (SSSR count). The number of carboxylic acid groups (broad SMARTS) is 1. The molecular formula is C12H16O2. The van der Waals surface area contributed by atoms with Gasteiger partial charge in [-0.1, -0.05) is 26.0 Å². The third kappa shape index (κ3) is 1.95. The van der Waals surface area contributed by atoms with E-state index in [1.807, 2.05) is 26.0 Å². The van der Waals surface area contributed by atoms with Gasteiger partial charge in [0.2, 0.25) is 0 Å². The van der Waals surface area contributed by atoms with Crippen molar-refractivity contribution in [2.45, 2.75) is 33.6 Å². The Labute approximate surface area is 84.6 Å². The third-order valence-corrected chi connectivity index (χ3v) is 2.44. The molecule has 0 amide bonds. The lowest BCUT2D eigenvalue weighted by molar-refractivity contribution is 0.0695. The lowest BCUT2D eigenvalue weighted by Gasteiger charge is -2.11. The number of aromatic carboxylic acids is 1. The Morgan fingerprint density at radius 3 is 1.93 bits per heavy atom. The second-order valence-electron chi connectivity index (χ2n) is 3.99. The molecule has 0 aliphatic heterocycles. The fraction of sp³-hybridized carbons (Fsp3) is 0.417. The number of benzene rings is 1. The van der Waals surface area contributed by atoms with Crippen molar-refractivity contribution in [3.63, 3.8) is 0 Å². The molecule has 0 unspecified atom stereocenters. The smallest absolute Gasteiger partial charge is 0.336 e. The fourth-order valence-corrected chi connectivity index (χ4v) is 1.67. The van der Waals surface area contributed by atoms with E-state index in [1.54, 1.807) is 0 Å². The lowest BCUT2D eigenvalue weighted by Crippen LogP contribution is -2.04. The number of hydrogen-bond acceptors (Lipinski definition) is 1. The molecule has 0 aliphatic rings. The first-order chi connectivity index (χ1) is 6.43. The predicted molar refractivity (Wildman–Crippen MR) is 57.0 cm³/mol. The van der Waals surface area contributed by atoms with Gasteiger partial charge in [0.15, 0.2) is 0 Å². The van der Waals surface area contributed by atoms with E-state index in [9.17, 15) is 4.79 Å². The molecule has 0 radical (unpaired) electrons. The normalized spacial score (nSPS) is 10.6. The van der Waals surface area contributed by atoms with Gasteiger partial charge in [-0.05, 0) is 36.5 Å². The first-order valence-corrected chi connectivity index (χ1v) is 4.78. The molecule has 1 aromatic rings. The second kappa shape index (κ2) is 3.82. The van der Waals surface area contributed by atoms with Crippen LogP contribution in [0.5, 0.6) is 0 Å². The molecule has 14 heavy (non-hydrogen) atoms. The van der Waals surface area contributed by atoms with Crippen LogP contribution in [0, 0.1) is 13.8 Å². The predicted octanol–water partition coefficient (Wildman–Crippen LogP) is 3.13. The van der Waals surface area contributed by atoms with Crippen LogP contribution in [0.15, 0.2) is 12.1 Å². The molecule has 76 valence electrons. The molecule has 0 aromatic heterocycles. The molecule has 0 saturated carbocycles. The van der Waals surface area contributed by atoms with Crippen molar-refractivity contribution in [3.05, 3.63) is 34.4 Å². The number of aryl methyl sites for hydroxylation is 2. The molecule has 0 fully saturated rings. The van der Waals surface area contributed by atoms with Crippen LogP contribution in [-0.4, -0.2) is 11.1 Å². The topological polar surface area (TPSA) is 37.3 Å². The first-order valence-electron chi connectivity index (χ1n) is 4.78. The number of carboxylic acids is 1.